The maximum Gasteiger partial charge on any atom is 0.228 e. The summed E-state index contributed by atoms with van der Waals surface area (Å²) in [7, 11) is 0. The van der Waals surface area contributed by atoms with Gasteiger partial charge in [0.25, 0.3) is 0 Å². The zero-order chi connectivity index (χ0) is 17.5. The summed E-state index contributed by atoms with van der Waals surface area (Å²) in [5, 5.41) is 3.63. The molecule has 2 nitrogen and oxygen atoms in total. The Hall–Kier alpha value is -2.23. The molecule has 0 aliphatic carbocycles. The van der Waals surface area contributed by atoms with Crippen molar-refractivity contribution in [2.75, 3.05) is 5.32 Å². The molecule has 0 unspecified atom stereocenters. The van der Waals surface area contributed by atoms with Crippen LogP contribution in [0.2, 0.25) is 5.02 Å². The van der Waals surface area contributed by atoms with E-state index in [2.05, 4.69) is 23.5 Å². The van der Waals surface area contributed by atoms with Crippen molar-refractivity contribution in [2.45, 2.75) is 17.1 Å². The van der Waals surface area contributed by atoms with Crippen LogP contribution in [0.5, 0.6) is 0 Å². The van der Waals surface area contributed by atoms with Crippen LogP contribution in [0.15, 0.2) is 83.8 Å². The molecule has 0 saturated heterocycles. The molecular weight excluding hydrogens is 350 g/mol. The molecule has 0 bridgehead atoms. The highest BCUT2D eigenvalue weighted by Crippen LogP contribution is 2.25. The lowest BCUT2D eigenvalue weighted by atomic mass is 10.1. The summed E-state index contributed by atoms with van der Waals surface area (Å²) < 4.78 is 0. The van der Waals surface area contributed by atoms with Gasteiger partial charge in [-0.1, -0.05) is 60.1 Å². The summed E-state index contributed by atoms with van der Waals surface area (Å²) in [5.74, 6) is 0.871. The lowest BCUT2D eigenvalue weighted by Crippen LogP contribution is -2.14. The summed E-state index contributed by atoms with van der Waals surface area (Å²) in [6.07, 6.45) is 0.332. The van der Waals surface area contributed by atoms with Gasteiger partial charge in [0.2, 0.25) is 5.91 Å². The summed E-state index contributed by atoms with van der Waals surface area (Å²) >= 11 is 7.62. The van der Waals surface area contributed by atoms with Crippen molar-refractivity contribution in [3.63, 3.8) is 0 Å². The number of hydrogen-bond donors (Lipinski definition) is 1. The van der Waals surface area contributed by atoms with Crippen molar-refractivity contribution in [1.82, 2.24) is 0 Å². The number of thioether (sulfide) groups is 1. The predicted molar refractivity (Wildman–Crippen MR) is 106 cm³/mol. The maximum absolute atomic E-state index is 12.2. The third-order valence-electron chi connectivity index (χ3n) is 3.64. The highest BCUT2D eigenvalue weighted by atomic mass is 35.5. The molecule has 4 heteroatoms. The minimum Gasteiger partial charge on any atom is -0.326 e. The summed E-state index contributed by atoms with van der Waals surface area (Å²) in [6, 6.07) is 25.6. The van der Waals surface area contributed by atoms with Crippen LogP contribution in [0.1, 0.15) is 11.1 Å². The van der Waals surface area contributed by atoms with Crippen molar-refractivity contribution in [2.24, 2.45) is 0 Å². The number of carbonyl (C=O) groups excluding carboxylic acids is 1. The van der Waals surface area contributed by atoms with E-state index in [0.717, 1.165) is 21.9 Å². The van der Waals surface area contributed by atoms with E-state index >= 15 is 0 Å². The lowest BCUT2D eigenvalue weighted by molar-refractivity contribution is -0.115. The second-order valence-electron chi connectivity index (χ2n) is 5.65. The first-order chi connectivity index (χ1) is 12.2. The Morgan fingerprint density at radius 1 is 0.880 bits per heavy atom. The molecule has 0 radical (unpaired) electrons. The molecular formula is C21H18ClNOS. The largest absolute Gasteiger partial charge is 0.326 e. The van der Waals surface area contributed by atoms with Crippen LogP contribution in [0.25, 0.3) is 0 Å². The Bertz CT molecular complexity index is 834. The first-order valence-corrected chi connectivity index (χ1v) is 9.36. The summed E-state index contributed by atoms with van der Waals surface area (Å²) in [6.45, 7) is 0. The van der Waals surface area contributed by atoms with E-state index < -0.39 is 0 Å². The molecule has 0 atom stereocenters. The molecule has 0 aliphatic heterocycles. The van der Waals surface area contributed by atoms with Crippen molar-refractivity contribution in [3.05, 3.63) is 95.0 Å². The number of amides is 1. The van der Waals surface area contributed by atoms with Crippen molar-refractivity contribution >= 4 is 35.0 Å². The predicted octanol–water partition coefficient (Wildman–Crippen LogP) is 5.81. The first kappa shape index (κ1) is 17.6. The van der Waals surface area contributed by atoms with E-state index in [-0.39, 0.29) is 5.91 Å². The van der Waals surface area contributed by atoms with Gasteiger partial charge in [-0.2, -0.15) is 0 Å². The van der Waals surface area contributed by atoms with Crippen LogP contribution in [-0.2, 0) is 17.0 Å². The van der Waals surface area contributed by atoms with Gasteiger partial charge in [0.15, 0.2) is 0 Å². The van der Waals surface area contributed by atoms with Crippen LogP contribution in [0.3, 0.4) is 0 Å². The zero-order valence-electron chi connectivity index (χ0n) is 13.6. The van der Waals surface area contributed by atoms with Gasteiger partial charge in [-0.05, 0) is 41.5 Å². The number of hydrogen-bond acceptors (Lipinski definition) is 2. The topological polar surface area (TPSA) is 29.1 Å². The second-order valence-corrected chi connectivity index (χ2v) is 7.14. The molecule has 0 saturated carbocycles. The number of halogens is 1. The first-order valence-electron chi connectivity index (χ1n) is 8.00. The number of anilines is 1. The average Bonchev–Trinajstić information content (AvgIpc) is 2.63. The smallest absolute Gasteiger partial charge is 0.228 e. The molecule has 3 rings (SSSR count). The number of nitrogens with one attached hydrogen (secondary N) is 1. The van der Waals surface area contributed by atoms with E-state index in [1.807, 2.05) is 48.5 Å². The van der Waals surface area contributed by atoms with Gasteiger partial charge in [0, 0.05) is 21.4 Å². The maximum atomic E-state index is 12.2. The van der Waals surface area contributed by atoms with Gasteiger partial charge in [0.05, 0.1) is 6.42 Å². The Balaban J connectivity index is 1.57. The molecule has 0 spiro atoms. The fourth-order valence-corrected chi connectivity index (χ4v) is 3.43. The van der Waals surface area contributed by atoms with Gasteiger partial charge in [-0.3, -0.25) is 4.79 Å². The quantitative estimate of drug-likeness (QED) is 0.556. The third-order valence-corrected chi connectivity index (χ3v) is 4.96. The van der Waals surface area contributed by atoms with Crippen LogP contribution in [0.4, 0.5) is 5.69 Å². The number of benzene rings is 3. The highest BCUT2D eigenvalue weighted by molar-refractivity contribution is 7.98. The molecule has 126 valence electrons. The minimum atomic E-state index is -0.0347. The molecule has 1 N–H and O–H groups in total. The molecule has 0 heterocycles. The van der Waals surface area contributed by atoms with Crippen LogP contribution < -0.4 is 5.32 Å². The number of carbonyl (C=O) groups is 1. The van der Waals surface area contributed by atoms with Gasteiger partial charge in [-0.15, -0.1) is 11.8 Å². The van der Waals surface area contributed by atoms with Gasteiger partial charge in [-0.25, -0.2) is 0 Å². The van der Waals surface area contributed by atoms with Gasteiger partial charge >= 0.3 is 0 Å². The van der Waals surface area contributed by atoms with E-state index in [0.29, 0.717) is 11.4 Å². The van der Waals surface area contributed by atoms with Crippen LogP contribution in [-0.4, -0.2) is 5.91 Å². The molecule has 25 heavy (non-hydrogen) atoms. The standard InChI is InChI=1S/C21H18ClNOS/c22-18-11-9-16(10-12-18)13-21(24)23-19-7-4-8-20(14-19)25-15-17-5-2-1-3-6-17/h1-12,14H,13,15H2,(H,23,24). The van der Waals surface area contributed by atoms with Gasteiger partial charge < -0.3 is 5.32 Å². The summed E-state index contributed by atoms with van der Waals surface area (Å²) in [4.78, 5) is 13.3. The highest BCUT2D eigenvalue weighted by Gasteiger charge is 2.05. The fourth-order valence-electron chi connectivity index (χ4n) is 2.40. The Morgan fingerprint density at radius 3 is 2.40 bits per heavy atom. The van der Waals surface area contributed by atoms with E-state index in [4.69, 9.17) is 11.6 Å². The molecule has 1 amide bonds. The Labute approximate surface area is 157 Å². The zero-order valence-corrected chi connectivity index (χ0v) is 15.2. The molecule has 3 aromatic carbocycles. The lowest BCUT2D eigenvalue weighted by Gasteiger charge is -2.08. The van der Waals surface area contributed by atoms with E-state index in [9.17, 15) is 4.79 Å². The average molecular weight is 368 g/mol. The Kier molecular flexibility index (Phi) is 6.15. The van der Waals surface area contributed by atoms with E-state index in [1.54, 1.807) is 23.9 Å². The Morgan fingerprint density at radius 2 is 1.64 bits per heavy atom. The van der Waals surface area contributed by atoms with Gasteiger partial charge in [0.1, 0.15) is 0 Å². The normalized spacial score (nSPS) is 10.4. The SMILES string of the molecule is O=C(Cc1ccc(Cl)cc1)Nc1cccc(SCc2ccccc2)c1. The van der Waals surface area contributed by atoms with Crippen molar-refractivity contribution < 1.29 is 4.79 Å². The second kappa shape index (κ2) is 8.75. The minimum absolute atomic E-state index is 0.0347. The number of rotatable bonds is 6. The third kappa shape index (κ3) is 5.66. The van der Waals surface area contributed by atoms with Crippen molar-refractivity contribution in [3.8, 4) is 0 Å². The fraction of sp³-hybridized carbons (Fsp3) is 0.0952. The van der Waals surface area contributed by atoms with Crippen LogP contribution in [0, 0.1) is 0 Å². The molecule has 3 aromatic rings. The summed E-state index contributed by atoms with van der Waals surface area (Å²) in [5.41, 5.74) is 3.04. The monoisotopic (exact) mass is 367 g/mol. The van der Waals surface area contributed by atoms with Crippen LogP contribution >= 0.6 is 23.4 Å². The molecule has 0 aliphatic rings. The van der Waals surface area contributed by atoms with E-state index in [1.165, 1.54) is 5.56 Å². The molecule has 0 fully saturated rings. The molecule has 0 aromatic heterocycles. The van der Waals surface area contributed by atoms with Crippen molar-refractivity contribution in [1.29, 1.82) is 0 Å².